The molecule has 2 heterocycles. The van der Waals surface area contributed by atoms with Gasteiger partial charge in [0, 0.05) is 22.6 Å². The first-order valence-electron chi connectivity index (χ1n) is 8.30. The van der Waals surface area contributed by atoms with E-state index in [1.807, 2.05) is 54.6 Å². The van der Waals surface area contributed by atoms with Crippen molar-refractivity contribution in [1.82, 2.24) is 15.2 Å². The Morgan fingerprint density at radius 2 is 1.84 bits per heavy atom. The second kappa shape index (κ2) is 7.11. The number of hydrogen-bond acceptors (Lipinski definition) is 6. The predicted molar refractivity (Wildman–Crippen MR) is 99.7 cm³/mol. The molecule has 1 aliphatic heterocycles. The largest absolute Gasteiger partial charge is 0.448 e. The highest BCUT2D eigenvalue weighted by molar-refractivity contribution is 7.99. The smallest absolute Gasteiger partial charge is 0.247 e. The Labute approximate surface area is 150 Å². The highest BCUT2D eigenvalue weighted by atomic mass is 32.2. The predicted octanol–water partition coefficient (Wildman–Crippen LogP) is 4.54. The molecule has 0 aliphatic carbocycles. The molecule has 25 heavy (non-hydrogen) atoms. The molecule has 1 aromatic heterocycles. The van der Waals surface area contributed by atoms with Gasteiger partial charge in [0.2, 0.25) is 11.0 Å². The summed E-state index contributed by atoms with van der Waals surface area (Å²) in [4.78, 5) is 4.61. The molecule has 126 valence electrons. The topological polar surface area (TPSA) is 59.9 Å². The molecule has 0 fully saturated rings. The standard InChI is InChI=1S/C19H18N4OS/c1-2-12-25-19-21-18-16(22-23-19)14-10-6-7-11-15(14)20-17(24-18)13-8-4-3-5-9-13/h3-11,17,20H,2,12H2,1H3. The molecule has 1 N–H and O–H groups in total. The van der Waals surface area contributed by atoms with E-state index >= 15 is 0 Å². The first-order valence-corrected chi connectivity index (χ1v) is 9.29. The van der Waals surface area contributed by atoms with Crippen LogP contribution in [0, 0.1) is 0 Å². The van der Waals surface area contributed by atoms with E-state index in [1.165, 1.54) is 0 Å². The van der Waals surface area contributed by atoms with Crippen LogP contribution in [0.25, 0.3) is 11.3 Å². The maximum Gasteiger partial charge on any atom is 0.247 e. The lowest BCUT2D eigenvalue weighted by Crippen LogP contribution is -2.17. The van der Waals surface area contributed by atoms with E-state index in [4.69, 9.17) is 4.74 Å². The van der Waals surface area contributed by atoms with Gasteiger partial charge in [-0.1, -0.05) is 67.2 Å². The highest BCUT2D eigenvalue weighted by Gasteiger charge is 2.25. The zero-order valence-corrected chi connectivity index (χ0v) is 14.7. The molecule has 0 bridgehead atoms. The van der Waals surface area contributed by atoms with Gasteiger partial charge >= 0.3 is 0 Å². The third kappa shape index (κ3) is 3.30. The van der Waals surface area contributed by atoms with E-state index in [0.717, 1.165) is 29.0 Å². The first kappa shape index (κ1) is 15.9. The number of nitrogens with zero attached hydrogens (tertiary/aromatic N) is 3. The number of rotatable bonds is 4. The van der Waals surface area contributed by atoms with E-state index in [0.29, 0.717) is 16.7 Å². The van der Waals surface area contributed by atoms with E-state index in [-0.39, 0.29) is 6.23 Å². The van der Waals surface area contributed by atoms with Gasteiger partial charge in [-0.15, -0.1) is 10.2 Å². The van der Waals surface area contributed by atoms with Crippen LogP contribution in [0.3, 0.4) is 0 Å². The Kier molecular flexibility index (Phi) is 4.52. The van der Waals surface area contributed by atoms with Crippen molar-refractivity contribution in [2.75, 3.05) is 11.1 Å². The van der Waals surface area contributed by atoms with Crippen LogP contribution >= 0.6 is 11.8 Å². The normalized spacial score (nSPS) is 15.3. The minimum atomic E-state index is -0.329. The first-order chi connectivity index (χ1) is 12.3. The van der Waals surface area contributed by atoms with Crippen molar-refractivity contribution >= 4 is 17.4 Å². The number of para-hydroxylation sites is 1. The fourth-order valence-electron chi connectivity index (χ4n) is 2.68. The molecule has 0 saturated heterocycles. The van der Waals surface area contributed by atoms with Gasteiger partial charge in [-0.2, -0.15) is 4.98 Å². The fourth-order valence-corrected chi connectivity index (χ4v) is 3.31. The second-order valence-electron chi connectivity index (χ2n) is 5.70. The van der Waals surface area contributed by atoms with Crippen LogP contribution < -0.4 is 10.1 Å². The van der Waals surface area contributed by atoms with E-state index < -0.39 is 0 Å². The van der Waals surface area contributed by atoms with Gasteiger partial charge in [-0.25, -0.2) is 0 Å². The van der Waals surface area contributed by atoms with Gasteiger partial charge in [-0.3, -0.25) is 0 Å². The lowest BCUT2D eigenvalue weighted by molar-refractivity contribution is 0.225. The monoisotopic (exact) mass is 350 g/mol. The molecule has 1 atom stereocenters. The van der Waals surface area contributed by atoms with Gasteiger partial charge in [-0.05, 0) is 12.5 Å². The number of fused-ring (bicyclic) bond motifs is 3. The molecule has 4 rings (SSSR count). The molecule has 0 amide bonds. The third-order valence-corrected chi connectivity index (χ3v) is 4.91. The summed E-state index contributed by atoms with van der Waals surface area (Å²) in [7, 11) is 0. The van der Waals surface area contributed by atoms with Crippen LogP contribution in [0.1, 0.15) is 25.1 Å². The van der Waals surface area contributed by atoms with Crippen molar-refractivity contribution in [2.24, 2.45) is 0 Å². The zero-order valence-electron chi connectivity index (χ0n) is 13.8. The van der Waals surface area contributed by atoms with Gasteiger partial charge in [0.1, 0.15) is 0 Å². The van der Waals surface area contributed by atoms with Crippen molar-refractivity contribution in [2.45, 2.75) is 24.7 Å². The van der Waals surface area contributed by atoms with Crippen molar-refractivity contribution in [3.63, 3.8) is 0 Å². The Hall–Kier alpha value is -2.60. The lowest BCUT2D eigenvalue weighted by Gasteiger charge is -2.19. The Bertz CT molecular complexity index is 872. The van der Waals surface area contributed by atoms with E-state index in [1.54, 1.807) is 11.8 Å². The third-order valence-electron chi connectivity index (χ3n) is 3.87. The number of thioether (sulfide) groups is 1. The van der Waals surface area contributed by atoms with Crippen molar-refractivity contribution in [3.05, 3.63) is 60.2 Å². The van der Waals surface area contributed by atoms with Crippen molar-refractivity contribution < 1.29 is 4.74 Å². The van der Waals surface area contributed by atoms with Gasteiger partial charge < -0.3 is 10.1 Å². The average molecular weight is 350 g/mol. The van der Waals surface area contributed by atoms with Crippen molar-refractivity contribution in [3.8, 4) is 17.1 Å². The van der Waals surface area contributed by atoms with Gasteiger partial charge in [0.25, 0.3) is 0 Å². The SMILES string of the molecule is CCCSc1nnc2c(n1)OC(c1ccccc1)Nc1ccccc1-2. The number of hydrogen-bond donors (Lipinski definition) is 1. The van der Waals surface area contributed by atoms with E-state index in [9.17, 15) is 0 Å². The number of ether oxygens (including phenoxy) is 1. The summed E-state index contributed by atoms with van der Waals surface area (Å²) < 4.78 is 6.21. The highest BCUT2D eigenvalue weighted by Crippen LogP contribution is 2.39. The van der Waals surface area contributed by atoms with Crippen LogP contribution in [0.4, 0.5) is 5.69 Å². The molecular weight excluding hydrogens is 332 g/mol. The van der Waals surface area contributed by atoms with Gasteiger partial charge in [0.15, 0.2) is 11.9 Å². The molecule has 5 nitrogen and oxygen atoms in total. The Balaban J connectivity index is 1.79. The molecule has 0 saturated carbocycles. The number of anilines is 1. The minimum Gasteiger partial charge on any atom is -0.448 e. The van der Waals surface area contributed by atoms with Crippen LogP contribution in [0.5, 0.6) is 5.88 Å². The average Bonchev–Trinajstić information content (AvgIpc) is 2.83. The van der Waals surface area contributed by atoms with Crippen LogP contribution in [-0.2, 0) is 0 Å². The summed E-state index contributed by atoms with van der Waals surface area (Å²) in [5.74, 6) is 1.47. The maximum absolute atomic E-state index is 6.21. The summed E-state index contributed by atoms with van der Waals surface area (Å²) in [5.41, 5.74) is 3.61. The minimum absolute atomic E-state index is 0.329. The van der Waals surface area contributed by atoms with Crippen LogP contribution in [-0.4, -0.2) is 20.9 Å². The number of aromatic nitrogens is 3. The molecule has 2 aromatic carbocycles. The lowest BCUT2D eigenvalue weighted by atomic mass is 10.1. The summed E-state index contributed by atoms with van der Waals surface area (Å²) in [6.07, 6.45) is 0.729. The van der Waals surface area contributed by atoms with Crippen LogP contribution in [0.2, 0.25) is 0 Å². The molecule has 1 aliphatic rings. The molecule has 0 radical (unpaired) electrons. The summed E-state index contributed by atoms with van der Waals surface area (Å²) in [6.45, 7) is 2.13. The molecule has 3 aromatic rings. The molecular formula is C19H18N4OS. The molecule has 0 spiro atoms. The van der Waals surface area contributed by atoms with Gasteiger partial charge in [0.05, 0.1) is 0 Å². The summed E-state index contributed by atoms with van der Waals surface area (Å²) in [5, 5.41) is 12.8. The zero-order chi connectivity index (χ0) is 17.1. The second-order valence-corrected chi connectivity index (χ2v) is 6.76. The van der Waals surface area contributed by atoms with Crippen molar-refractivity contribution in [1.29, 1.82) is 0 Å². The molecule has 1 unspecified atom stereocenters. The fraction of sp³-hybridized carbons (Fsp3) is 0.211. The number of benzene rings is 2. The quantitative estimate of drug-likeness (QED) is 0.697. The van der Waals surface area contributed by atoms with Crippen LogP contribution in [0.15, 0.2) is 59.8 Å². The Morgan fingerprint density at radius 3 is 2.68 bits per heavy atom. The number of nitrogens with one attached hydrogen (secondary N) is 1. The maximum atomic E-state index is 6.21. The summed E-state index contributed by atoms with van der Waals surface area (Å²) >= 11 is 1.59. The Morgan fingerprint density at radius 1 is 1.04 bits per heavy atom. The summed E-state index contributed by atoms with van der Waals surface area (Å²) in [6, 6.07) is 18.1. The van der Waals surface area contributed by atoms with E-state index in [2.05, 4.69) is 27.4 Å². The molecule has 6 heteroatoms.